The SMILES string of the molecule is CC/C=C\C/C=C\C/C=C\C/C=C\CCC(=O)NC(COP(=O)([O-])OCC[N+](C)(C)C)C(O)CCCCCCCCCCCCCCCCCCCCCCCCCCCCCCCCCC. The minimum Gasteiger partial charge on any atom is -0.756 e. The molecule has 67 heavy (non-hydrogen) atoms. The quantitative estimate of drug-likeness (QED) is 0.0272. The van der Waals surface area contributed by atoms with E-state index in [1.54, 1.807) is 0 Å². The summed E-state index contributed by atoms with van der Waals surface area (Å²) in [6.07, 6.45) is 64.8. The van der Waals surface area contributed by atoms with E-state index in [1.807, 2.05) is 33.3 Å². The molecule has 0 aromatic carbocycles. The summed E-state index contributed by atoms with van der Waals surface area (Å²) in [5.41, 5.74) is 0. The van der Waals surface area contributed by atoms with Gasteiger partial charge in [0.1, 0.15) is 13.2 Å². The summed E-state index contributed by atoms with van der Waals surface area (Å²) in [7, 11) is 1.26. The van der Waals surface area contributed by atoms with Crippen LogP contribution in [0.25, 0.3) is 0 Å². The molecule has 8 nitrogen and oxygen atoms in total. The highest BCUT2D eigenvalue weighted by atomic mass is 31.2. The third-order valence-electron chi connectivity index (χ3n) is 12.8. The number of hydrogen-bond donors (Lipinski definition) is 2. The Balaban J connectivity index is 4.03. The molecule has 0 aliphatic rings. The summed E-state index contributed by atoms with van der Waals surface area (Å²) in [6, 6.07) is -0.840. The monoisotopic (exact) mass is 963 g/mol. The van der Waals surface area contributed by atoms with Crippen molar-refractivity contribution in [3.05, 3.63) is 48.6 Å². The maximum absolute atomic E-state index is 12.9. The number of nitrogens with one attached hydrogen (secondary N) is 1. The molecule has 0 saturated heterocycles. The first-order valence-electron chi connectivity index (χ1n) is 28.5. The summed E-state index contributed by atoms with van der Waals surface area (Å²) in [6.45, 7) is 4.57. The van der Waals surface area contributed by atoms with E-state index in [0.29, 0.717) is 23.9 Å². The maximum Gasteiger partial charge on any atom is 0.268 e. The lowest BCUT2D eigenvalue weighted by molar-refractivity contribution is -0.870. The maximum atomic E-state index is 12.9. The van der Waals surface area contributed by atoms with Crippen LogP contribution in [0.15, 0.2) is 48.6 Å². The van der Waals surface area contributed by atoms with Gasteiger partial charge >= 0.3 is 0 Å². The third kappa shape index (κ3) is 52.1. The second kappa shape index (κ2) is 49.4. The summed E-state index contributed by atoms with van der Waals surface area (Å²) in [5.74, 6) is -0.243. The predicted octanol–water partition coefficient (Wildman–Crippen LogP) is 16.5. The molecule has 0 aliphatic heterocycles. The molecule has 0 saturated carbocycles. The van der Waals surface area contributed by atoms with Crippen molar-refractivity contribution in [2.75, 3.05) is 40.9 Å². The third-order valence-corrected chi connectivity index (χ3v) is 13.8. The minimum atomic E-state index is -4.59. The van der Waals surface area contributed by atoms with E-state index >= 15 is 0 Å². The van der Waals surface area contributed by atoms with Crippen LogP contribution in [-0.2, 0) is 18.4 Å². The zero-order chi connectivity index (χ0) is 49.2. The largest absolute Gasteiger partial charge is 0.756 e. The molecule has 394 valence electrons. The van der Waals surface area contributed by atoms with Crippen LogP contribution in [0.3, 0.4) is 0 Å². The van der Waals surface area contributed by atoms with Gasteiger partial charge < -0.3 is 28.8 Å². The van der Waals surface area contributed by atoms with Gasteiger partial charge in [0, 0.05) is 6.42 Å². The van der Waals surface area contributed by atoms with Crippen LogP contribution in [0.1, 0.15) is 264 Å². The van der Waals surface area contributed by atoms with Crippen LogP contribution >= 0.6 is 7.82 Å². The Morgan fingerprint density at radius 2 is 0.881 bits per heavy atom. The number of phosphoric ester groups is 1. The van der Waals surface area contributed by atoms with E-state index in [-0.39, 0.29) is 25.5 Å². The first-order valence-corrected chi connectivity index (χ1v) is 29.9. The Morgan fingerprint density at radius 1 is 0.537 bits per heavy atom. The highest BCUT2D eigenvalue weighted by Crippen LogP contribution is 2.38. The number of nitrogens with zero attached hydrogens (tertiary/aromatic N) is 1. The van der Waals surface area contributed by atoms with Crippen molar-refractivity contribution in [2.24, 2.45) is 0 Å². The standard InChI is InChI=1S/C58H111N2O6P/c1-6-8-10-12-14-16-18-20-21-22-23-24-25-26-27-28-29-30-31-32-33-34-35-36-37-38-40-41-43-45-47-49-51-57(61)56(55-66-67(63,64)65-54-53-60(3,4)5)59-58(62)52-50-48-46-44-42-39-19-17-15-13-11-9-7-2/h9,11,15,17,39,42,46,48,56-57,61H,6-8,10,12-14,16,18-38,40-41,43-45,47,49-55H2,1-5H3,(H-,59,62,63,64)/b11-9-,17-15-,42-39-,48-46-. The highest BCUT2D eigenvalue weighted by molar-refractivity contribution is 7.45. The number of aliphatic hydroxyl groups is 1. The molecular weight excluding hydrogens is 852 g/mol. The molecule has 0 heterocycles. The van der Waals surface area contributed by atoms with Gasteiger partial charge in [0.05, 0.1) is 39.9 Å². The lowest BCUT2D eigenvalue weighted by atomic mass is 10.0. The molecule has 0 spiro atoms. The van der Waals surface area contributed by atoms with Crippen molar-refractivity contribution >= 4 is 13.7 Å². The minimum absolute atomic E-state index is 0.00156. The molecule has 1 amide bonds. The molecule has 0 bridgehead atoms. The van der Waals surface area contributed by atoms with Gasteiger partial charge in [-0.1, -0.05) is 268 Å². The van der Waals surface area contributed by atoms with Gasteiger partial charge in [-0.3, -0.25) is 9.36 Å². The number of hydrogen-bond acceptors (Lipinski definition) is 6. The van der Waals surface area contributed by atoms with E-state index < -0.39 is 20.0 Å². The van der Waals surface area contributed by atoms with E-state index in [0.717, 1.165) is 44.9 Å². The summed E-state index contributed by atoms with van der Waals surface area (Å²) in [4.78, 5) is 25.4. The van der Waals surface area contributed by atoms with Crippen molar-refractivity contribution in [1.29, 1.82) is 0 Å². The topological polar surface area (TPSA) is 108 Å². The number of carbonyl (C=O) groups is 1. The number of unbranched alkanes of at least 4 members (excludes halogenated alkanes) is 31. The van der Waals surface area contributed by atoms with Gasteiger partial charge in [0.15, 0.2) is 0 Å². The molecular formula is C58H111N2O6P. The zero-order valence-corrected chi connectivity index (χ0v) is 45.7. The second-order valence-electron chi connectivity index (χ2n) is 20.6. The van der Waals surface area contributed by atoms with Crippen molar-refractivity contribution < 1.29 is 32.9 Å². The lowest BCUT2D eigenvalue weighted by Crippen LogP contribution is -2.46. The first kappa shape index (κ1) is 65.5. The normalized spacial score (nSPS) is 14.3. The average molecular weight is 964 g/mol. The van der Waals surface area contributed by atoms with Crippen LogP contribution in [0.4, 0.5) is 0 Å². The Bertz CT molecular complexity index is 1230. The van der Waals surface area contributed by atoms with Crippen molar-refractivity contribution in [2.45, 2.75) is 276 Å². The van der Waals surface area contributed by atoms with E-state index in [2.05, 4.69) is 55.6 Å². The number of amides is 1. The van der Waals surface area contributed by atoms with E-state index in [9.17, 15) is 19.4 Å². The van der Waals surface area contributed by atoms with E-state index in [1.165, 1.54) is 186 Å². The Morgan fingerprint density at radius 3 is 1.24 bits per heavy atom. The van der Waals surface area contributed by atoms with Gasteiger partial charge in [-0.05, 0) is 38.5 Å². The van der Waals surface area contributed by atoms with Crippen molar-refractivity contribution in [3.8, 4) is 0 Å². The van der Waals surface area contributed by atoms with Gasteiger partial charge in [-0.15, -0.1) is 0 Å². The molecule has 3 atom stereocenters. The molecule has 3 unspecified atom stereocenters. The molecule has 0 rings (SSSR count). The molecule has 0 aliphatic carbocycles. The summed E-state index contributed by atoms with van der Waals surface area (Å²) < 4.78 is 23.3. The number of allylic oxidation sites excluding steroid dienone is 8. The van der Waals surface area contributed by atoms with Crippen molar-refractivity contribution in [3.63, 3.8) is 0 Å². The van der Waals surface area contributed by atoms with Crippen LogP contribution < -0.4 is 10.2 Å². The number of quaternary nitrogens is 1. The Hall–Kier alpha value is -1.54. The molecule has 2 N–H and O–H groups in total. The fourth-order valence-corrected chi connectivity index (χ4v) is 9.13. The zero-order valence-electron chi connectivity index (χ0n) is 44.9. The highest BCUT2D eigenvalue weighted by Gasteiger charge is 2.24. The van der Waals surface area contributed by atoms with Crippen LogP contribution in [0.5, 0.6) is 0 Å². The molecule has 0 radical (unpaired) electrons. The first-order chi connectivity index (χ1) is 32.5. The van der Waals surface area contributed by atoms with Crippen LogP contribution in [0, 0.1) is 0 Å². The molecule has 0 aromatic rings. The summed E-state index contributed by atoms with van der Waals surface area (Å²) >= 11 is 0. The van der Waals surface area contributed by atoms with Gasteiger partial charge in [0.2, 0.25) is 5.91 Å². The van der Waals surface area contributed by atoms with Crippen LogP contribution in [-0.4, -0.2) is 68.5 Å². The number of rotatable bonds is 52. The van der Waals surface area contributed by atoms with Crippen LogP contribution in [0.2, 0.25) is 0 Å². The fraction of sp³-hybridized carbons (Fsp3) is 0.845. The number of carbonyl (C=O) groups excluding carboxylic acids is 1. The number of aliphatic hydroxyl groups excluding tert-OH is 1. The Labute approximate surface area is 416 Å². The van der Waals surface area contributed by atoms with Gasteiger partial charge in [0.25, 0.3) is 7.82 Å². The number of phosphoric acid groups is 1. The second-order valence-corrected chi connectivity index (χ2v) is 22.0. The van der Waals surface area contributed by atoms with Crippen molar-refractivity contribution in [1.82, 2.24) is 5.32 Å². The van der Waals surface area contributed by atoms with Gasteiger partial charge in [-0.2, -0.15) is 0 Å². The summed E-state index contributed by atoms with van der Waals surface area (Å²) in [5, 5.41) is 13.9. The molecule has 0 aromatic heterocycles. The Kier molecular flexibility index (Phi) is 48.3. The predicted molar refractivity (Wildman–Crippen MR) is 288 cm³/mol. The lowest BCUT2D eigenvalue weighted by Gasteiger charge is -2.30. The fourth-order valence-electron chi connectivity index (χ4n) is 8.41. The van der Waals surface area contributed by atoms with Gasteiger partial charge in [-0.25, -0.2) is 0 Å². The number of likely N-dealkylation sites (N-methyl/N-ethyl adjacent to an activating group) is 1. The molecule has 0 fully saturated rings. The average Bonchev–Trinajstić information content (AvgIpc) is 3.29. The smallest absolute Gasteiger partial charge is 0.268 e. The molecule has 9 heteroatoms. The van der Waals surface area contributed by atoms with E-state index in [4.69, 9.17) is 9.05 Å².